The molecule has 0 aromatic heterocycles. The molecular formula is C11H18N2O2. The number of amides is 2. The van der Waals surface area contributed by atoms with E-state index in [0.717, 1.165) is 19.3 Å². The van der Waals surface area contributed by atoms with E-state index in [4.69, 9.17) is 5.73 Å². The second-order valence-corrected chi connectivity index (χ2v) is 5.10. The van der Waals surface area contributed by atoms with Crippen molar-refractivity contribution in [1.82, 2.24) is 4.90 Å². The minimum absolute atomic E-state index is 0.0459. The highest BCUT2D eigenvalue weighted by Gasteiger charge is 2.39. The highest BCUT2D eigenvalue weighted by Crippen LogP contribution is 2.31. The number of imide groups is 1. The maximum absolute atomic E-state index is 11.7. The molecule has 2 N–H and O–H groups in total. The molecule has 4 heteroatoms. The second-order valence-electron chi connectivity index (χ2n) is 5.10. The molecule has 1 aliphatic heterocycles. The van der Waals surface area contributed by atoms with Crippen LogP contribution in [0.3, 0.4) is 0 Å². The minimum Gasteiger partial charge on any atom is -0.324 e. The Bertz CT molecular complexity index is 279. The molecule has 0 atom stereocenters. The number of likely N-dealkylation sites (tertiary alicyclic amines) is 1. The molecule has 0 radical (unpaired) electrons. The maximum atomic E-state index is 11.7. The molecule has 15 heavy (non-hydrogen) atoms. The van der Waals surface area contributed by atoms with E-state index >= 15 is 0 Å². The molecule has 1 saturated heterocycles. The molecule has 0 aromatic rings. The Balaban J connectivity index is 2.01. The molecular weight excluding hydrogens is 192 g/mol. The summed E-state index contributed by atoms with van der Waals surface area (Å²) >= 11 is 0. The van der Waals surface area contributed by atoms with Crippen molar-refractivity contribution in [1.29, 1.82) is 0 Å². The van der Waals surface area contributed by atoms with Crippen LogP contribution in [0.4, 0.5) is 0 Å². The van der Waals surface area contributed by atoms with Gasteiger partial charge in [0.05, 0.1) is 0 Å². The van der Waals surface area contributed by atoms with Crippen LogP contribution >= 0.6 is 0 Å². The first kappa shape index (κ1) is 10.6. The fourth-order valence-electron chi connectivity index (χ4n) is 2.31. The standard InChI is InChI=1S/C11H18N2O2/c1-8-5-9(14)13(10(15)6-8)7-11(12)3-2-4-11/h8H,2-7,12H2,1H3. The summed E-state index contributed by atoms with van der Waals surface area (Å²) in [7, 11) is 0. The highest BCUT2D eigenvalue weighted by atomic mass is 16.2. The zero-order valence-electron chi connectivity index (χ0n) is 9.16. The number of piperidine rings is 1. The fraction of sp³-hybridized carbons (Fsp3) is 0.818. The van der Waals surface area contributed by atoms with Gasteiger partial charge in [-0.25, -0.2) is 0 Å². The van der Waals surface area contributed by atoms with E-state index in [1.54, 1.807) is 0 Å². The van der Waals surface area contributed by atoms with Crippen LogP contribution in [0.1, 0.15) is 39.0 Å². The summed E-state index contributed by atoms with van der Waals surface area (Å²) in [6, 6.07) is 0. The zero-order valence-corrected chi connectivity index (χ0v) is 9.16. The normalized spacial score (nSPS) is 26.7. The van der Waals surface area contributed by atoms with E-state index in [0.29, 0.717) is 19.4 Å². The zero-order chi connectivity index (χ0) is 11.1. The van der Waals surface area contributed by atoms with Gasteiger partial charge in [-0.2, -0.15) is 0 Å². The number of nitrogens with zero attached hydrogens (tertiary/aromatic N) is 1. The Morgan fingerprint density at radius 3 is 2.27 bits per heavy atom. The van der Waals surface area contributed by atoms with Gasteiger partial charge in [-0.05, 0) is 25.2 Å². The van der Waals surface area contributed by atoms with E-state index in [2.05, 4.69) is 0 Å². The molecule has 2 aliphatic rings. The first-order chi connectivity index (χ1) is 7.00. The van der Waals surface area contributed by atoms with Gasteiger partial charge in [-0.15, -0.1) is 0 Å². The van der Waals surface area contributed by atoms with Crippen LogP contribution in [0.25, 0.3) is 0 Å². The van der Waals surface area contributed by atoms with Crippen molar-refractivity contribution in [2.75, 3.05) is 6.54 Å². The van der Waals surface area contributed by atoms with Gasteiger partial charge in [0, 0.05) is 24.9 Å². The van der Waals surface area contributed by atoms with Gasteiger partial charge in [0.2, 0.25) is 11.8 Å². The third-order valence-corrected chi connectivity index (χ3v) is 3.47. The van der Waals surface area contributed by atoms with Crippen LogP contribution in [0.15, 0.2) is 0 Å². The van der Waals surface area contributed by atoms with E-state index in [1.165, 1.54) is 4.90 Å². The Morgan fingerprint density at radius 2 is 1.87 bits per heavy atom. The first-order valence-corrected chi connectivity index (χ1v) is 5.62. The molecule has 1 aliphatic carbocycles. The number of nitrogens with two attached hydrogens (primary N) is 1. The fourth-order valence-corrected chi connectivity index (χ4v) is 2.31. The number of hydrogen-bond donors (Lipinski definition) is 1. The molecule has 2 rings (SSSR count). The van der Waals surface area contributed by atoms with E-state index in [1.807, 2.05) is 6.92 Å². The molecule has 84 valence electrons. The lowest BCUT2D eigenvalue weighted by atomic mass is 9.77. The number of carbonyl (C=O) groups is 2. The van der Waals surface area contributed by atoms with Crippen LogP contribution in [0.2, 0.25) is 0 Å². The van der Waals surface area contributed by atoms with Crippen molar-refractivity contribution in [2.24, 2.45) is 11.7 Å². The topological polar surface area (TPSA) is 63.4 Å². The smallest absolute Gasteiger partial charge is 0.229 e. The Hall–Kier alpha value is -0.900. The molecule has 1 heterocycles. The lowest BCUT2D eigenvalue weighted by Gasteiger charge is -2.42. The summed E-state index contributed by atoms with van der Waals surface area (Å²) in [6.45, 7) is 2.37. The van der Waals surface area contributed by atoms with Crippen LogP contribution in [-0.2, 0) is 9.59 Å². The molecule has 0 spiro atoms. The highest BCUT2D eigenvalue weighted by molar-refractivity contribution is 5.98. The van der Waals surface area contributed by atoms with Crippen LogP contribution in [0, 0.1) is 5.92 Å². The van der Waals surface area contributed by atoms with Gasteiger partial charge in [0.1, 0.15) is 0 Å². The second kappa shape index (κ2) is 3.59. The summed E-state index contributed by atoms with van der Waals surface area (Å²) in [5.74, 6) is 0.0994. The number of carbonyl (C=O) groups excluding carboxylic acids is 2. The minimum atomic E-state index is -0.286. The molecule has 2 fully saturated rings. The molecule has 1 saturated carbocycles. The van der Waals surface area contributed by atoms with E-state index in [-0.39, 0.29) is 23.3 Å². The average Bonchev–Trinajstić information content (AvgIpc) is 2.08. The van der Waals surface area contributed by atoms with Crippen molar-refractivity contribution < 1.29 is 9.59 Å². The molecule has 2 amide bonds. The van der Waals surface area contributed by atoms with Crippen LogP contribution in [0.5, 0.6) is 0 Å². The lowest BCUT2D eigenvalue weighted by molar-refractivity contribution is -0.151. The summed E-state index contributed by atoms with van der Waals surface area (Å²) in [5, 5.41) is 0. The molecule has 0 aromatic carbocycles. The summed E-state index contributed by atoms with van der Waals surface area (Å²) in [6.07, 6.45) is 3.95. The van der Waals surface area contributed by atoms with Gasteiger partial charge in [0.15, 0.2) is 0 Å². The van der Waals surface area contributed by atoms with E-state index < -0.39 is 0 Å². The first-order valence-electron chi connectivity index (χ1n) is 5.62. The Labute approximate surface area is 89.8 Å². The summed E-state index contributed by atoms with van der Waals surface area (Å²) in [5.41, 5.74) is 5.76. The predicted octanol–water partition coefficient (Wildman–Crippen LogP) is 0.653. The molecule has 0 unspecified atom stereocenters. The van der Waals surface area contributed by atoms with E-state index in [9.17, 15) is 9.59 Å². The Morgan fingerprint density at radius 1 is 1.33 bits per heavy atom. The summed E-state index contributed by atoms with van der Waals surface area (Å²) < 4.78 is 0. The molecule has 0 bridgehead atoms. The van der Waals surface area contributed by atoms with Crippen LogP contribution in [-0.4, -0.2) is 28.8 Å². The third-order valence-electron chi connectivity index (χ3n) is 3.47. The third kappa shape index (κ3) is 2.04. The number of rotatable bonds is 2. The van der Waals surface area contributed by atoms with Gasteiger partial charge in [-0.3, -0.25) is 14.5 Å². The van der Waals surface area contributed by atoms with Crippen molar-refractivity contribution in [3.8, 4) is 0 Å². The quantitative estimate of drug-likeness (QED) is 0.681. The van der Waals surface area contributed by atoms with Crippen molar-refractivity contribution in [3.63, 3.8) is 0 Å². The average molecular weight is 210 g/mol. The summed E-state index contributed by atoms with van der Waals surface area (Å²) in [4.78, 5) is 24.7. The maximum Gasteiger partial charge on any atom is 0.229 e. The van der Waals surface area contributed by atoms with Crippen molar-refractivity contribution >= 4 is 11.8 Å². The van der Waals surface area contributed by atoms with Gasteiger partial charge >= 0.3 is 0 Å². The largest absolute Gasteiger partial charge is 0.324 e. The van der Waals surface area contributed by atoms with Gasteiger partial charge in [-0.1, -0.05) is 6.92 Å². The monoisotopic (exact) mass is 210 g/mol. The van der Waals surface area contributed by atoms with Crippen LogP contribution < -0.4 is 5.73 Å². The number of hydrogen-bond acceptors (Lipinski definition) is 3. The molecule has 4 nitrogen and oxygen atoms in total. The predicted molar refractivity (Wildman–Crippen MR) is 55.9 cm³/mol. The van der Waals surface area contributed by atoms with Crippen molar-refractivity contribution in [2.45, 2.75) is 44.6 Å². The van der Waals surface area contributed by atoms with Crippen molar-refractivity contribution in [3.05, 3.63) is 0 Å². The van der Waals surface area contributed by atoms with Gasteiger partial charge < -0.3 is 5.73 Å². The lowest BCUT2D eigenvalue weighted by Crippen LogP contribution is -2.58. The van der Waals surface area contributed by atoms with Gasteiger partial charge in [0.25, 0.3) is 0 Å². The SMILES string of the molecule is CC1CC(=O)N(CC2(N)CCC2)C(=O)C1. The Kier molecular flexibility index (Phi) is 2.54.